The molecule has 78 valence electrons. The minimum Gasteiger partial charge on any atom is -0.395 e. The quantitative estimate of drug-likeness (QED) is 0.767. The van der Waals surface area contributed by atoms with E-state index in [1.807, 2.05) is 18.2 Å². The van der Waals surface area contributed by atoms with Crippen molar-refractivity contribution in [1.29, 1.82) is 0 Å². The van der Waals surface area contributed by atoms with E-state index in [1.54, 1.807) is 0 Å². The second kappa shape index (κ2) is 6.12. The first-order chi connectivity index (χ1) is 6.81. The number of alkyl halides is 2. The molecular weight excluding hydrogens is 221 g/mol. The van der Waals surface area contributed by atoms with Crippen LogP contribution in [-0.4, -0.2) is 18.3 Å². The summed E-state index contributed by atoms with van der Waals surface area (Å²) in [5.41, 5.74) is 3.02. The van der Waals surface area contributed by atoms with Crippen LogP contribution >= 0.6 is 23.2 Å². The number of hydrogen-bond acceptors (Lipinski definition) is 2. The Morgan fingerprint density at radius 3 is 2.57 bits per heavy atom. The molecule has 0 aliphatic heterocycles. The van der Waals surface area contributed by atoms with Crippen LogP contribution in [0.25, 0.3) is 0 Å². The molecule has 1 rings (SSSR count). The predicted molar refractivity (Wildman–Crippen MR) is 61.1 cm³/mol. The average molecular weight is 234 g/mol. The van der Waals surface area contributed by atoms with Gasteiger partial charge in [-0.25, -0.2) is 0 Å². The van der Waals surface area contributed by atoms with Gasteiger partial charge >= 0.3 is 0 Å². The first-order valence-corrected chi connectivity index (χ1v) is 5.47. The maximum Gasteiger partial charge on any atom is 0.0604 e. The fraction of sp³-hybridized carbons (Fsp3) is 0.400. The highest BCUT2D eigenvalue weighted by molar-refractivity contribution is 6.17. The summed E-state index contributed by atoms with van der Waals surface area (Å²) in [6.45, 7) is 0.627. The number of rotatable bonds is 5. The summed E-state index contributed by atoms with van der Waals surface area (Å²) in [6, 6.07) is 5.86. The standard InChI is InChI=1S/C10H13Cl2NO/c11-6-8-1-2-9(7-12)10(5-8)13-3-4-14/h1-2,5,13-14H,3-4,6-7H2. The molecule has 0 heterocycles. The van der Waals surface area contributed by atoms with Gasteiger partial charge in [-0.1, -0.05) is 12.1 Å². The van der Waals surface area contributed by atoms with Crippen molar-refractivity contribution in [3.8, 4) is 0 Å². The lowest BCUT2D eigenvalue weighted by atomic mass is 10.1. The molecule has 0 saturated heterocycles. The van der Waals surface area contributed by atoms with E-state index in [2.05, 4.69) is 5.32 Å². The van der Waals surface area contributed by atoms with Crippen molar-refractivity contribution >= 4 is 28.9 Å². The molecule has 2 nitrogen and oxygen atoms in total. The molecule has 0 bridgehead atoms. The summed E-state index contributed by atoms with van der Waals surface area (Å²) in [6.07, 6.45) is 0. The third-order valence-corrected chi connectivity index (χ3v) is 2.50. The number of aliphatic hydroxyl groups excluding tert-OH is 1. The van der Waals surface area contributed by atoms with Crippen LogP contribution in [0.2, 0.25) is 0 Å². The Kier molecular flexibility index (Phi) is 5.09. The van der Waals surface area contributed by atoms with Crippen molar-refractivity contribution < 1.29 is 5.11 Å². The summed E-state index contributed by atoms with van der Waals surface area (Å²) < 4.78 is 0. The summed E-state index contributed by atoms with van der Waals surface area (Å²) in [5, 5.41) is 11.8. The predicted octanol–water partition coefficient (Wildman–Crippen LogP) is 2.57. The third kappa shape index (κ3) is 3.05. The number of hydrogen-bond donors (Lipinski definition) is 2. The number of aliphatic hydroxyl groups is 1. The van der Waals surface area contributed by atoms with Gasteiger partial charge in [0.05, 0.1) is 6.61 Å². The maximum absolute atomic E-state index is 8.70. The molecule has 0 spiro atoms. The number of benzene rings is 1. The summed E-state index contributed by atoms with van der Waals surface area (Å²) in [4.78, 5) is 0. The van der Waals surface area contributed by atoms with Crippen molar-refractivity contribution in [1.82, 2.24) is 0 Å². The second-order valence-corrected chi connectivity index (χ2v) is 3.44. The highest BCUT2D eigenvalue weighted by atomic mass is 35.5. The third-order valence-electron chi connectivity index (χ3n) is 1.90. The SMILES string of the molecule is OCCNc1cc(CCl)ccc1CCl. The molecule has 4 heteroatoms. The molecule has 1 aromatic carbocycles. The smallest absolute Gasteiger partial charge is 0.0604 e. The Balaban J connectivity index is 2.84. The molecule has 14 heavy (non-hydrogen) atoms. The number of nitrogens with one attached hydrogen (secondary N) is 1. The van der Waals surface area contributed by atoms with E-state index in [-0.39, 0.29) is 6.61 Å². The molecule has 0 saturated carbocycles. The lowest BCUT2D eigenvalue weighted by Crippen LogP contribution is -2.07. The lowest BCUT2D eigenvalue weighted by molar-refractivity contribution is 0.311. The molecule has 0 aliphatic rings. The van der Waals surface area contributed by atoms with E-state index in [9.17, 15) is 0 Å². The first kappa shape index (κ1) is 11.6. The zero-order valence-electron chi connectivity index (χ0n) is 7.76. The van der Waals surface area contributed by atoms with Gasteiger partial charge in [-0.2, -0.15) is 0 Å². The molecule has 0 aliphatic carbocycles. The van der Waals surface area contributed by atoms with Crippen LogP contribution in [-0.2, 0) is 11.8 Å². The Labute approximate surface area is 93.8 Å². The molecule has 2 N–H and O–H groups in total. The van der Waals surface area contributed by atoms with Crippen LogP contribution in [0.3, 0.4) is 0 Å². The van der Waals surface area contributed by atoms with Crippen LogP contribution in [0.15, 0.2) is 18.2 Å². The molecule has 0 aromatic heterocycles. The Morgan fingerprint density at radius 2 is 2.00 bits per heavy atom. The Hall–Kier alpha value is -0.440. The van der Waals surface area contributed by atoms with Crippen LogP contribution in [0.4, 0.5) is 5.69 Å². The van der Waals surface area contributed by atoms with Gasteiger partial charge in [-0.05, 0) is 17.2 Å². The topological polar surface area (TPSA) is 32.3 Å². The molecule has 1 aromatic rings. The van der Waals surface area contributed by atoms with E-state index in [0.29, 0.717) is 18.3 Å². The Bertz CT molecular complexity index is 291. The highest BCUT2D eigenvalue weighted by Crippen LogP contribution is 2.20. The summed E-state index contributed by atoms with van der Waals surface area (Å²) in [7, 11) is 0. The van der Waals surface area contributed by atoms with Crippen LogP contribution in [0.5, 0.6) is 0 Å². The van der Waals surface area contributed by atoms with E-state index in [1.165, 1.54) is 0 Å². The van der Waals surface area contributed by atoms with Gasteiger partial charge in [0.25, 0.3) is 0 Å². The van der Waals surface area contributed by atoms with Crippen molar-refractivity contribution in [2.75, 3.05) is 18.5 Å². The average Bonchev–Trinajstić information content (AvgIpc) is 2.25. The summed E-state index contributed by atoms with van der Waals surface area (Å²) >= 11 is 11.5. The van der Waals surface area contributed by atoms with Gasteiger partial charge < -0.3 is 10.4 Å². The molecule has 0 radical (unpaired) electrons. The highest BCUT2D eigenvalue weighted by Gasteiger charge is 2.01. The van der Waals surface area contributed by atoms with Gasteiger partial charge in [0.1, 0.15) is 0 Å². The van der Waals surface area contributed by atoms with Gasteiger partial charge in [0.2, 0.25) is 0 Å². The molecule has 0 amide bonds. The molecule has 0 fully saturated rings. The number of halogens is 2. The monoisotopic (exact) mass is 233 g/mol. The first-order valence-electron chi connectivity index (χ1n) is 4.40. The van der Waals surface area contributed by atoms with Crippen LogP contribution in [0.1, 0.15) is 11.1 Å². The summed E-state index contributed by atoms with van der Waals surface area (Å²) in [5.74, 6) is 0.937. The van der Waals surface area contributed by atoms with Gasteiger partial charge in [0, 0.05) is 24.0 Å². The van der Waals surface area contributed by atoms with E-state index in [0.717, 1.165) is 16.8 Å². The lowest BCUT2D eigenvalue weighted by Gasteiger charge is -2.10. The second-order valence-electron chi connectivity index (χ2n) is 2.91. The largest absolute Gasteiger partial charge is 0.395 e. The van der Waals surface area contributed by atoms with E-state index in [4.69, 9.17) is 28.3 Å². The van der Waals surface area contributed by atoms with Crippen molar-refractivity contribution in [2.45, 2.75) is 11.8 Å². The van der Waals surface area contributed by atoms with E-state index < -0.39 is 0 Å². The minimum atomic E-state index is 0.104. The molecule has 0 atom stereocenters. The Morgan fingerprint density at radius 1 is 1.21 bits per heavy atom. The zero-order valence-corrected chi connectivity index (χ0v) is 9.28. The van der Waals surface area contributed by atoms with Crippen molar-refractivity contribution in [3.05, 3.63) is 29.3 Å². The maximum atomic E-state index is 8.70. The van der Waals surface area contributed by atoms with Crippen molar-refractivity contribution in [2.24, 2.45) is 0 Å². The van der Waals surface area contributed by atoms with Crippen LogP contribution in [0, 0.1) is 0 Å². The normalized spacial score (nSPS) is 10.2. The fourth-order valence-corrected chi connectivity index (χ4v) is 1.58. The fourth-order valence-electron chi connectivity index (χ4n) is 1.18. The van der Waals surface area contributed by atoms with Gasteiger partial charge in [-0.3, -0.25) is 0 Å². The zero-order chi connectivity index (χ0) is 10.4. The van der Waals surface area contributed by atoms with Crippen molar-refractivity contribution in [3.63, 3.8) is 0 Å². The van der Waals surface area contributed by atoms with Gasteiger partial charge in [-0.15, -0.1) is 23.2 Å². The molecule has 0 unspecified atom stereocenters. The minimum absolute atomic E-state index is 0.104. The van der Waals surface area contributed by atoms with E-state index >= 15 is 0 Å². The number of anilines is 1. The van der Waals surface area contributed by atoms with Gasteiger partial charge in [0.15, 0.2) is 0 Å². The van der Waals surface area contributed by atoms with Crippen LogP contribution < -0.4 is 5.32 Å². The molecular formula is C10H13Cl2NO.